The van der Waals surface area contributed by atoms with E-state index in [1.165, 1.54) is 4.90 Å². The van der Waals surface area contributed by atoms with E-state index in [2.05, 4.69) is 10.6 Å². The molecule has 1 unspecified atom stereocenters. The highest BCUT2D eigenvalue weighted by Gasteiger charge is 2.38. The smallest absolute Gasteiger partial charge is 0.305 e. The van der Waals surface area contributed by atoms with Crippen molar-refractivity contribution in [3.8, 4) is 0 Å². The van der Waals surface area contributed by atoms with Crippen LogP contribution in [0, 0.1) is 17.2 Å². The zero-order valence-electron chi connectivity index (χ0n) is 19.1. The van der Waals surface area contributed by atoms with E-state index in [0.717, 1.165) is 0 Å². The molecule has 1 aliphatic rings. The van der Waals surface area contributed by atoms with Crippen molar-refractivity contribution in [1.29, 1.82) is 5.41 Å². The van der Waals surface area contributed by atoms with Crippen molar-refractivity contribution in [2.75, 3.05) is 13.1 Å². The second kappa shape index (κ2) is 13.5. The SMILES string of the molecule is CC(C)C([C]=O)CC(=O)[C@H](CC(=O)O)NC(=O)[C@@H]1CCCN1C(=O)[C@@H](N)CCCNC(=N)N. The van der Waals surface area contributed by atoms with Crippen LogP contribution in [0.5, 0.6) is 0 Å². The van der Waals surface area contributed by atoms with Crippen molar-refractivity contribution in [3.63, 3.8) is 0 Å². The molecule has 1 saturated heterocycles. The third-order valence-corrected chi connectivity index (χ3v) is 5.62. The van der Waals surface area contributed by atoms with Crippen LogP contribution in [0.4, 0.5) is 0 Å². The summed E-state index contributed by atoms with van der Waals surface area (Å²) in [4.78, 5) is 62.0. The molecule has 0 saturated carbocycles. The number of nitrogens with two attached hydrogens (primary N) is 2. The molecule has 0 aromatic carbocycles. The predicted molar refractivity (Wildman–Crippen MR) is 120 cm³/mol. The molecule has 0 bridgehead atoms. The zero-order chi connectivity index (χ0) is 25.1. The van der Waals surface area contributed by atoms with Gasteiger partial charge in [-0.15, -0.1) is 0 Å². The van der Waals surface area contributed by atoms with E-state index in [-0.39, 0.29) is 18.3 Å². The normalized spacial score (nSPS) is 18.3. The highest BCUT2D eigenvalue weighted by Crippen LogP contribution is 2.20. The van der Waals surface area contributed by atoms with Gasteiger partial charge in [0.15, 0.2) is 11.7 Å². The summed E-state index contributed by atoms with van der Waals surface area (Å²) in [5, 5.41) is 21.4. The van der Waals surface area contributed by atoms with Gasteiger partial charge < -0.3 is 32.1 Å². The number of guanidine groups is 1. The Kier molecular flexibility index (Phi) is 11.5. The number of hydrogen-bond donors (Lipinski definition) is 6. The van der Waals surface area contributed by atoms with E-state index < -0.39 is 54.0 Å². The fourth-order valence-corrected chi connectivity index (χ4v) is 3.64. The number of carbonyl (C=O) groups is 4. The first kappa shape index (κ1) is 28.0. The number of likely N-dealkylation sites (tertiary alicyclic amines) is 1. The minimum absolute atomic E-state index is 0.164. The molecule has 12 heteroatoms. The Labute approximate surface area is 193 Å². The summed E-state index contributed by atoms with van der Waals surface area (Å²) in [6.07, 6.45) is 2.68. The molecule has 0 aliphatic carbocycles. The van der Waals surface area contributed by atoms with E-state index in [4.69, 9.17) is 16.9 Å². The van der Waals surface area contributed by atoms with Crippen molar-refractivity contribution in [1.82, 2.24) is 15.5 Å². The fraction of sp³-hybridized carbons (Fsp3) is 0.714. The molecular weight excluding hydrogens is 432 g/mol. The largest absolute Gasteiger partial charge is 0.481 e. The molecule has 185 valence electrons. The van der Waals surface area contributed by atoms with Crippen molar-refractivity contribution < 1.29 is 29.1 Å². The van der Waals surface area contributed by atoms with Crippen LogP contribution in [0.3, 0.4) is 0 Å². The van der Waals surface area contributed by atoms with Gasteiger partial charge in [-0.05, 0) is 31.6 Å². The van der Waals surface area contributed by atoms with Crippen LogP contribution in [0.25, 0.3) is 0 Å². The van der Waals surface area contributed by atoms with Crippen molar-refractivity contribution in [2.45, 2.75) is 70.5 Å². The van der Waals surface area contributed by atoms with Crippen LogP contribution in [0.2, 0.25) is 0 Å². The minimum atomic E-state index is -1.31. The number of ketones is 1. The number of amides is 2. The lowest BCUT2D eigenvalue weighted by Gasteiger charge is -2.28. The average Bonchev–Trinajstić information content (AvgIpc) is 3.22. The Morgan fingerprint density at radius 2 is 1.91 bits per heavy atom. The quantitative estimate of drug-likeness (QED) is 0.103. The van der Waals surface area contributed by atoms with Crippen LogP contribution in [0.1, 0.15) is 52.4 Å². The van der Waals surface area contributed by atoms with E-state index in [1.807, 2.05) is 0 Å². The standard InChI is InChI=1S/C21H35N6O6/c1-12(2)13(11-28)9-17(29)15(10-18(30)31)26-19(32)16-6-4-8-27(16)20(33)14(22)5-3-7-25-21(23)24/h12-16H,3-10,22H2,1-2H3,(H,26,32)(H,30,31)(H4,23,24,25)/t13?,14-,15-,16-/m0/s1. The fourth-order valence-electron chi connectivity index (χ4n) is 3.64. The molecule has 12 nitrogen and oxygen atoms in total. The first-order valence-electron chi connectivity index (χ1n) is 11.0. The molecule has 1 fully saturated rings. The van der Waals surface area contributed by atoms with Crippen LogP contribution in [-0.2, 0) is 24.0 Å². The topological polar surface area (TPSA) is 209 Å². The first-order valence-corrected chi connectivity index (χ1v) is 11.0. The number of Topliss-reactive ketones (excluding diaryl/α,β-unsaturated/α-hetero) is 1. The molecule has 2 amide bonds. The molecule has 1 radical (unpaired) electrons. The number of carboxylic acids is 1. The molecule has 33 heavy (non-hydrogen) atoms. The van der Waals surface area contributed by atoms with Gasteiger partial charge >= 0.3 is 5.97 Å². The van der Waals surface area contributed by atoms with Crippen molar-refractivity contribution in [2.24, 2.45) is 23.3 Å². The maximum absolute atomic E-state index is 12.9. The Balaban J connectivity index is 2.79. The highest BCUT2D eigenvalue weighted by atomic mass is 16.4. The van der Waals surface area contributed by atoms with E-state index in [1.54, 1.807) is 20.1 Å². The average molecular weight is 468 g/mol. The maximum Gasteiger partial charge on any atom is 0.305 e. The van der Waals surface area contributed by atoms with Gasteiger partial charge in [0.25, 0.3) is 0 Å². The number of hydrogen-bond acceptors (Lipinski definition) is 7. The zero-order valence-corrected chi connectivity index (χ0v) is 19.1. The van der Waals surface area contributed by atoms with Gasteiger partial charge in [-0.1, -0.05) is 13.8 Å². The molecule has 8 N–H and O–H groups in total. The Bertz CT molecular complexity index is 743. The van der Waals surface area contributed by atoms with Crippen LogP contribution >= 0.6 is 0 Å². The number of aliphatic carboxylic acids is 1. The molecule has 0 aromatic heterocycles. The van der Waals surface area contributed by atoms with Crippen LogP contribution in [-0.4, -0.2) is 77.0 Å². The number of carbonyl (C=O) groups excluding carboxylic acids is 4. The predicted octanol–water partition coefficient (Wildman–Crippen LogP) is -1.13. The Morgan fingerprint density at radius 3 is 2.45 bits per heavy atom. The summed E-state index contributed by atoms with van der Waals surface area (Å²) in [6.45, 7) is 4.20. The van der Waals surface area contributed by atoms with Gasteiger partial charge in [0, 0.05) is 25.4 Å². The van der Waals surface area contributed by atoms with Gasteiger partial charge in [-0.2, -0.15) is 0 Å². The first-order chi connectivity index (χ1) is 15.5. The second-order valence-corrected chi connectivity index (χ2v) is 8.58. The summed E-state index contributed by atoms with van der Waals surface area (Å²) in [6, 6.07) is -3.02. The van der Waals surface area contributed by atoms with E-state index >= 15 is 0 Å². The Morgan fingerprint density at radius 1 is 1.24 bits per heavy atom. The van der Waals surface area contributed by atoms with Crippen molar-refractivity contribution in [3.05, 3.63) is 0 Å². The molecule has 1 rings (SSSR count). The van der Waals surface area contributed by atoms with Gasteiger partial charge in [-0.25, -0.2) is 0 Å². The Hall–Kier alpha value is -3.02. The molecular formula is C21H35N6O6. The highest BCUT2D eigenvalue weighted by molar-refractivity contribution is 5.96. The lowest BCUT2D eigenvalue weighted by molar-refractivity contribution is -0.143. The number of carboxylic acid groups (broad SMARTS) is 1. The monoisotopic (exact) mass is 467 g/mol. The summed E-state index contributed by atoms with van der Waals surface area (Å²) in [5.74, 6) is -3.92. The summed E-state index contributed by atoms with van der Waals surface area (Å²) in [7, 11) is 0. The van der Waals surface area contributed by atoms with E-state index in [9.17, 15) is 29.1 Å². The molecule has 4 atom stereocenters. The van der Waals surface area contributed by atoms with Gasteiger partial charge in [0.05, 0.1) is 18.5 Å². The minimum Gasteiger partial charge on any atom is -0.481 e. The summed E-state index contributed by atoms with van der Waals surface area (Å²) < 4.78 is 0. The molecule has 1 heterocycles. The van der Waals surface area contributed by atoms with Crippen LogP contribution in [0.15, 0.2) is 0 Å². The van der Waals surface area contributed by atoms with E-state index in [0.29, 0.717) is 38.8 Å². The number of rotatable bonds is 14. The maximum atomic E-state index is 12.9. The van der Waals surface area contributed by atoms with Gasteiger partial charge in [0.2, 0.25) is 18.1 Å². The molecule has 0 spiro atoms. The third kappa shape index (κ3) is 9.16. The van der Waals surface area contributed by atoms with Crippen LogP contribution < -0.4 is 22.1 Å². The summed E-state index contributed by atoms with van der Waals surface area (Å²) in [5.41, 5.74) is 11.2. The number of nitrogens with zero attached hydrogens (tertiary/aromatic N) is 1. The van der Waals surface area contributed by atoms with Gasteiger partial charge in [-0.3, -0.25) is 29.4 Å². The van der Waals surface area contributed by atoms with Crippen molar-refractivity contribution >= 4 is 35.8 Å². The lowest BCUT2D eigenvalue weighted by Crippen LogP contribution is -2.54. The number of nitrogens with one attached hydrogen (secondary N) is 3. The lowest BCUT2D eigenvalue weighted by atomic mass is 9.89. The second-order valence-electron chi connectivity index (χ2n) is 8.58. The van der Waals surface area contributed by atoms with Gasteiger partial charge in [0.1, 0.15) is 6.04 Å². The molecule has 0 aromatic rings. The molecule has 1 aliphatic heterocycles. The third-order valence-electron chi connectivity index (χ3n) is 5.62. The summed E-state index contributed by atoms with van der Waals surface area (Å²) >= 11 is 0.